The summed E-state index contributed by atoms with van der Waals surface area (Å²) in [6, 6.07) is 2.92. The Hall–Kier alpha value is -0.810. The van der Waals surface area contributed by atoms with Crippen LogP contribution in [0.2, 0.25) is 0 Å². The Bertz CT molecular complexity index is 219. The maximum atomic E-state index is 9.97. The number of halogens is 1. The summed E-state index contributed by atoms with van der Waals surface area (Å²) in [4.78, 5) is 13.1. The molecule has 0 spiro atoms. The van der Waals surface area contributed by atoms with Crippen molar-refractivity contribution in [1.82, 2.24) is 4.98 Å². The number of rotatable bonds is 1. The van der Waals surface area contributed by atoms with E-state index >= 15 is 0 Å². The third-order valence-electron chi connectivity index (χ3n) is 0.857. The molecule has 0 saturated carbocycles. The Kier molecular flexibility index (Phi) is 5.50. The van der Waals surface area contributed by atoms with E-state index in [9.17, 15) is 10.1 Å². The molecule has 1 aromatic heterocycles. The Morgan fingerprint density at radius 1 is 1.64 bits per heavy atom. The molecule has 1 rings (SSSR count). The van der Waals surface area contributed by atoms with E-state index in [1.165, 1.54) is 24.5 Å². The van der Waals surface area contributed by atoms with E-state index in [-0.39, 0.29) is 5.69 Å². The minimum atomic E-state index is -0.479. The molecule has 0 amide bonds. The average molecular weight is 193 g/mol. The van der Waals surface area contributed by atoms with Crippen molar-refractivity contribution >= 4 is 28.2 Å². The second-order valence-corrected chi connectivity index (χ2v) is 1.47. The van der Waals surface area contributed by atoms with Gasteiger partial charge < -0.3 is 0 Å². The van der Waals surface area contributed by atoms with Crippen LogP contribution in [0.4, 0.5) is 5.69 Å². The SMILES string of the molecule is O=[N+]([O-])c1cccnc1.SCl. The average Bonchev–Trinajstić information content (AvgIpc) is 2.10. The minimum Gasteiger partial charge on any atom is -0.258 e. The molecular formula is C5H5ClN2O2S. The van der Waals surface area contributed by atoms with Gasteiger partial charge in [0.1, 0.15) is 6.20 Å². The molecule has 0 radical (unpaired) electrons. The van der Waals surface area contributed by atoms with Crippen LogP contribution in [0.25, 0.3) is 0 Å². The van der Waals surface area contributed by atoms with Crippen molar-refractivity contribution in [3.8, 4) is 0 Å². The maximum absolute atomic E-state index is 9.97. The highest BCUT2D eigenvalue weighted by Crippen LogP contribution is 2.04. The molecular weight excluding hydrogens is 188 g/mol. The van der Waals surface area contributed by atoms with Gasteiger partial charge in [-0.05, 0) is 16.7 Å². The lowest BCUT2D eigenvalue weighted by atomic mass is 10.4. The minimum absolute atomic E-state index is 0.0255. The molecule has 0 fully saturated rings. The van der Waals surface area contributed by atoms with E-state index in [0.29, 0.717) is 0 Å². The third kappa shape index (κ3) is 3.79. The second-order valence-electron chi connectivity index (χ2n) is 1.47. The highest BCUT2D eigenvalue weighted by atomic mass is 35.7. The summed E-state index contributed by atoms with van der Waals surface area (Å²) in [5, 5.41) is 9.97. The first-order chi connectivity index (χ1) is 5.30. The number of nitrogens with zero attached hydrogens (tertiary/aromatic N) is 2. The van der Waals surface area contributed by atoms with Crippen LogP contribution in [-0.2, 0) is 0 Å². The van der Waals surface area contributed by atoms with Crippen molar-refractivity contribution in [2.24, 2.45) is 0 Å². The lowest BCUT2D eigenvalue weighted by Crippen LogP contribution is -1.86. The normalized spacial score (nSPS) is 7.82. The molecule has 0 atom stereocenters. The summed E-state index contributed by atoms with van der Waals surface area (Å²) in [5.74, 6) is 0. The molecule has 0 bridgehead atoms. The number of thiol groups is 1. The predicted octanol–water partition coefficient (Wildman–Crippen LogP) is 2.06. The molecule has 60 valence electrons. The molecule has 1 aromatic rings. The quantitative estimate of drug-likeness (QED) is 0.421. The second kappa shape index (κ2) is 5.94. The predicted molar refractivity (Wildman–Crippen MR) is 45.7 cm³/mol. The van der Waals surface area contributed by atoms with Crippen molar-refractivity contribution < 1.29 is 4.92 Å². The fraction of sp³-hybridized carbons (Fsp3) is 0. The smallest absolute Gasteiger partial charge is 0.258 e. The molecule has 0 saturated heterocycles. The van der Waals surface area contributed by atoms with Crippen LogP contribution in [0.5, 0.6) is 0 Å². The zero-order valence-corrected chi connectivity index (χ0v) is 7.00. The molecule has 0 N–H and O–H groups in total. The zero-order valence-electron chi connectivity index (χ0n) is 5.35. The molecule has 0 aliphatic carbocycles. The van der Waals surface area contributed by atoms with Crippen LogP contribution in [0, 0.1) is 10.1 Å². The van der Waals surface area contributed by atoms with E-state index < -0.39 is 4.92 Å². The van der Waals surface area contributed by atoms with E-state index in [2.05, 4.69) is 27.5 Å². The first-order valence-electron chi connectivity index (χ1n) is 2.52. The Morgan fingerprint density at radius 2 is 2.27 bits per heavy atom. The van der Waals surface area contributed by atoms with E-state index in [4.69, 9.17) is 0 Å². The number of nitro groups is 1. The fourth-order valence-corrected chi connectivity index (χ4v) is 0.462. The van der Waals surface area contributed by atoms with Gasteiger partial charge in [-0.1, -0.05) is 11.8 Å². The molecule has 0 aromatic carbocycles. The maximum Gasteiger partial charge on any atom is 0.287 e. The highest BCUT2D eigenvalue weighted by molar-refractivity contribution is 8.05. The Balaban J connectivity index is 0.000000461. The number of pyridine rings is 1. The van der Waals surface area contributed by atoms with Gasteiger partial charge in [-0.15, -0.1) is 0 Å². The van der Waals surface area contributed by atoms with Gasteiger partial charge in [0.25, 0.3) is 5.69 Å². The Labute approximate surface area is 73.3 Å². The van der Waals surface area contributed by atoms with Gasteiger partial charge in [0, 0.05) is 12.3 Å². The molecule has 4 nitrogen and oxygen atoms in total. The number of aromatic nitrogens is 1. The summed E-state index contributed by atoms with van der Waals surface area (Å²) in [6.45, 7) is 0. The molecule has 0 aliphatic rings. The van der Waals surface area contributed by atoms with Crippen LogP contribution in [-0.4, -0.2) is 9.91 Å². The highest BCUT2D eigenvalue weighted by Gasteiger charge is 1.99. The third-order valence-corrected chi connectivity index (χ3v) is 0.857. The van der Waals surface area contributed by atoms with Crippen molar-refractivity contribution in [3.63, 3.8) is 0 Å². The van der Waals surface area contributed by atoms with Gasteiger partial charge in [0.2, 0.25) is 0 Å². The van der Waals surface area contributed by atoms with Gasteiger partial charge in [0.15, 0.2) is 0 Å². The van der Waals surface area contributed by atoms with Crippen molar-refractivity contribution in [2.75, 3.05) is 0 Å². The molecule has 6 heteroatoms. The summed E-state index contributed by atoms with van der Waals surface area (Å²) in [7, 11) is 4.33. The van der Waals surface area contributed by atoms with Gasteiger partial charge >= 0.3 is 0 Å². The zero-order chi connectivity index (χ0) is 8.69. The van der Waals surface area contributed by atoms with E-state index in [1.807, 2.05) is 0 Å². The monoisotopic (exact) mass is 192 g/mol. The van der Waals surface area contributed by atoms with Gasteiger partial charge in [0.05, 0.1) is 4.92 Å². The summed E-state index contributed by atoms with van der Waals surface area (Å²) >= 11 is 3.00. The lowest BCUT2D eigenvalue weighted by molar-refractivity contribution is -0.385. The molecule has 11 heavy (non-hydrogen) atoms. The fourth-order valence-electron chi connectivity index (χ4n) is 0.462. The topological polar surface area (TPSA) is 56.0 Å². The molecule has 1 heterocycles. The Morgan fingerprint density at radius 3 is 2.55 bits per heavy atom. The molecule has 0 aliphatic heterocycles. The molecule has 0 unspecified atom stereocenters. The van der Waals surface area contributed by atoms with E-state index in [1.54, 1.807) is 0 Å². The van der Waals surface area contributed by atoms with Crippen LogP contribution in [0.1, 0.15) is 0 Å². The van der Waals surface area contributed by atoms with Crippen molar-refractivity contribution in [1.29, 1.82) is 0 Å². The van der Waals surface area contributed by atoms with Crippen LogP contribution < -0.4 is 0 Å². The largest absolute Gasteiger partial charge is 0.287 e. The van der Waals surface area contributed by atoms with Gasteiger partial charge in [-0.2, -0.15) is 0 Å². The summed E-state index contributed by atoms with van der Waals surface area (Å²) in [6.07, 6.45) is 2.70. The van der Waals surface area contributed by atoms with Crippen LogP contribution >= 0.6 is 22.5 Å². The van der Waals surface area contributed by atoms with Crippen molar-refractivity contribution in [2.45, 2.75) is 0 Å². The summed E-state index contributed by atoms with van der Waals surface area (Å²) in [5.41, 5.74) is 0.0255. The van der Waals surface area contributed by atoms with Gasteiger partial charge in [-0.25, -0.2) is 0 Å². The van der Waals surface area contributed by atoms with Crippen LogP contribution in [0.15, 0.2) is 24.5 Å². The van der Waals surface area contributed by atoms with Crippen molar-refractivity contribution in [3.05, 3.63) is 34.6 Å². The first-order valence-corrected chi connectivity index (χ1v) is 3.87. The van der Waals surface area contributed by atoms with Gasteiger partial charge in [-0.3, -0.25) is 15.1 Å². The van der Waals surface area contributed by atoms with E-state index in [0.717, 1.165) is 0 Å². The lowest BCUT2D eigenvalue weighted by Gasteiger charge is -1.84. The first kappa shape index (κ1) is 10.2. The summed E-state index contributed by atoms with van der Waals surface area (Å²) < 4.78 is 0. The van der Waals surface area contributed by atoms with Crippen LogP contribution in [0.3, 0.4) is 0 Å². The number of hydrogen-bond acceptors (Lipinski definition) is 4. The number of hydrogen-bond donors (Lipinski definition) is 1. The standard InChI is InChI=1S/C5H4N2O2.ClHS/c8-7(9)5-2-1-3-6-4-5;1-2/h1-4H;2H.